The van der Waals surface area contributed by atoms with Gasteiger partial charge in [0.15, 0.2) is 5.13 Å². The van der Waals surface area contributed by atoms with Gasteiger partial charge in [-0.1, -0.05) is 0 Å². The summed E-state index contributed by atoms with van der Waals surface area (Å²) in [6.45, 7) is 4.01. The molecule has 2 fully saturated rings. The Bertz CT molecular complexity index is 759. The summed E-state index contributed by atoms with van der Waals surface area (Å²) in [7, 11) is 0. The van der Waals surface area contributed by atoms with Crippen LogP contribution < -0.4 is 4.90 Å². The van der Waals surface area contributed by atoms with Crippen molar-refractivity contribution in [3.63, 3.8) is 0 Å². The zero-order valence-corrected chi connectivity index (χ0v) is 15.3. The van der Waals surface area contributed by atoms with Crippen molar-refractivity contribution in [2.45, 2.75) is 13.0 Å². The number of anilines is 1. The number of amides is 2. The Hall–Kier alpha value is -2.48. The van der Waals surface area contributed by atoms with Gasteiger partial charge in [0.25, 0.3) is 0 Å². The summed E-state index contributed by atoms with van der Waals surface area (Å²) in [5.41, 5.74) is 1.04. The molecule has 2 amide bonds. The molecule has 0 radical (unpaired) electrons. The first kappa shape index (κ1) is 17.0. The first-order valence-corrected chi connectivity index (χ1v) is 9.68. The second-order valence-electron chi connectivity index (χ2n) is 6.66. The van der Waals surface area contributed by atoms with Crippen LogP contribution >= 0.6 is 11.3 Å². The minimum atomic E-state index is -0.226. The lowest BCUT2D eigenvalue weighted by Crippen LogP contribution is -2.50. The fraction of sp³-hybridized carbons (Fsp3) is 0.444. The summed E-state index contributed by atoms with van der Waals surface area (Å²) in [4.78, 5) is 39.4. The molecule has 0 bridgehead atoms. The van der Waals surface area contributed by atoms with Gasteiger partial charge in [-0.3, -0.25) is 14.6 Å². The predicted molar refractivity (Wildman–Crippen MR) is 98.7 cm³/mol. The summed E-state index contributed by atoms with van der Waals surface area (Å²) in [5.74, 6) is -0.0632. The molecule has 7 nitrogen and oxygen atoms in total. The number of nitrogens with zero attached hydrogens (tertiary/aromatic N) is 5. The molecule has 136 valence electrons. The number of thiazole rings is 1. The first-order valence-electron chi connectivity index (χ1n) is 8.80. The third-order valence-electron chi connectivity index (χ3n) is 4.97. The summed E-state index contributed by atoms with van der Waals surface area (Å²) in [5, 5.41) is 2.98. The van der Waals surface area contributed by atoms with E-state index in [0.29, 0.717) is 32.6 Å². The van der Waals surface area contributed by atoms with Crippen LogP contribution in [0.1, 0.15) is 12.0 Å². The zero-order valence-electron chi connectivity index (χ0n) is 14.5. The van der Waals surface area contributed by atoms with Gasteiger partial charge < -0.3 is 14.7 Å². The van der Waals surface area contributed by atoms with E-state index >= 15 is 0 Å². The molecule has 4 rings (SSSR count). The summed E-state index contributed by atoms with van der Waals surface area (Å²) in [6.07, 6.45) is 5.57. The van der Waals surface area contributed by atoms with Gasteiger partial charge in [-0.2, -0.15) is 0 Å². The molecular weight excluding hydrogens is 350 g/mol. The molecule has 4 heterocycles. The van der Waals surface area contributed by atoms with E-state index in [1.165, 1.54) is 0 Å². The molecule has 8 heteroatoms. The molecule has 2 aliphatic rings. The second kappa shape index (κ2) is 7.41. The van der Waals surface area contributed by atoms with Crippen LogP contribution in [0.5, 0.6) is 0 Å². The summed E-state index contributed by atoms with van der Waals surface area (Å²) < 4.78 is 0. The zero-order chi connectivity index (χ0) is 17.9. The van der Waals surface area contributed by atoms with Gasteiger partial charge in [0.2, 0.25) is 11.8 Å². The fourth-order valence-electron chi connectivity index (χ4n) is 3.55. The average Bonchev–Trinajstić information content (AvgIpc) is 3.33. The Labute approximate surface area is 156 Å². The van der Waals surface area contributed by atoms with Gasteiger partial charge >= 0.3 is 0 Å². The molecular formula is C18H21N5O2S. The van der Waals surface area contributed by atoms with Crippen molar-refractivity contribution < 1.29 is 9.59 Å². The monoisotopic (exact) mass is 371 g/mol. The third-order valence-corrected chi connectivity index (χ3v) is 5.80. The number of likely N-dealkylation sites (tertiary alicyclic amines) is 1. The van der Waals surface area contributed by atoms with Crippen molar-refractivity contribution in [3.05, 3.63) is 41.7 Å². The highest BCUT2D eigenvalue weighted by atomic mass is 32.1. The summed E-state index contributed by atoms with van der Waals surface area (Å²) in [6, 6.07) is 3.81. The Kier molecular flexibility index (Phi) is 4.83. The van der Waals surface area contributed by atoms with Crippen LogP contribution in [0.4, 0.5) is 5.13 Å². The van der Waals surface area contributed by atoms with E-state index in [9.17, 15) is 9.59 Å². The topological polar surface area (TPSA) is 69.6 Å². The molecule has 2 aromatic rings. The van der Waals surface area contributed by atoms with Gasteiger partial charge in [0, 0.05) is 69.7 Å². The highest BCUT2D eigenvalue weighted by Gasteiger charge is 2.37. The van der Waals surface area contributed by atoms with Crippen molar-refractivity contribution >= 4 is 28.3 Å². The van der Waals surface area contributed by atoms with E-state index in [0.717, 1.165) is 23.8 Å². The van der Waals surface area contributed by atoms with Crippen molar-refractivity contribution in [1.29, 1.82) is 0 Å². The largest absolute Gasteiger partial charge is 0.345 e. The van der Waals surface area contributed by atoms with E-state index in [-0.39, 0.29) is 17.7 Å². The minimum Gasteiger partial charge on any atom is -0.345 e. The first-order chi connectivity index (χ1) is 12.7. The molecule has 1 unspecified atom stereocenters. The van der Waals surface area contributed by atoms with E-state index in [1.54, 1.807) is 34.8 Å². The number of aromatic nitrogens is 2. The molecule has 26 heavy (non-hydrogen) atoms. The number of piperazine rings is 1. The number of hydrogen-bond donors (Lipinski definition) is 0. The molecule has 0 saturated carbocycles. The van der Waals surface area contributed by atoms with Crippen LogP contribution in [-0.4, -0.2) is 64.3 Å². The maximum absolute atomic E-state index is 12.8. The quantitative estimate of drug-likeness (QED) is 0.809. The molecule has 2 aliphatic heterocycles. The van der Waals surface area contributed by atoms with Gasteiger partial charge in [0.1, 0.15) is 0 Å². The lowest BCUT2D eigenvalue weighted by atomic mass is 10.1. The second-order valence-corrected chi connectivity index (χ2v) is 7.53. The lowest BCUT2D eigenvalue weighted by Gasteiger charge is -2.35. The van der Waals surface area contributed by atoms with Gasteiger partial charge in [-0.15, -0.1) is 11.3 Å². The molecule has 1 atom stereocenters. The smallest absolute Gasteiger partial charge is 0.228 e. The van der Waals surface area contributed by atoms with Crippen molar-refractivity contribution in [3.8, 4) is 0 Å². The standard InChI is InChI=1S/C18H21N5O2S/c24-16-11-15(13-23(16)12-14-1-3-19-4-2-14)17(25)21-6-8-22(9-7-21)18-20-5-10-26-18/h1-5,10,15H,6-9,11-13H2. The lowest BCUT2D eigenvalue weighted by molar-refractivity contribution is -0.136. The SMILES string of the molecule is O=C1CC(C(=O)N2CCN(c3nccs3)CC2)CN1Cc1ccncc1. The molecule has 2 saturated heterocycles. The number of rotatable bonds is 4. The number of carbonyl (C=O) groups excluding carboxylic acids is 2. The minimum absolute atomic E-state index is 0.0570. The average molecular weight is 371 g/mol. The maximum atomic E-state index is 12.8. The normalized spacial score (nSPS) is 20.7. The predicted octanol–water partition coefficient (Wildman–Crippen LogP) is 1.24. The molecule has 0 aliphatic carbocycles. The van der Waals surface area contributed by atoms with Crippen molar-refractivity contribution in [2.75, 3.05) is 37.6 Å². The van der Waals surface area contributed by atoms with E-state index in [2.05, 4.69) is 14.9 Å². The maximum Gasteiger partial charge on any atom is 0.228 e. The highest BCUT2D eigenvalue weighted by Crippen LogP contribution is 2.24. The van der Waals surface area contributed by atoms with Crippen LogP contribution in [0.3, 0.4) is 0 Å². The molecule has 0 spiro atoms. The fourth-order valence-corrected chi connectivity index (χ4v) is 4.24. The number of carbonyl (C=O) groups is 2. The Morgan fingerprint density at radius 2 is 1.92 bits per heavy atom. The highest BCUT2D eigenvalue weighted by molar-refractivity contribution is 7.13. The van der Waals surface area contributed by atoms with Crippen LogP contribution in [0.2, 0.25) is 0 Å². The van der Waals surface area contributed by atoms with Crippen LogP contribution in [-0.2, 0) is 16.1 Å². The van der Waals surface area contributed by atoms with Crippen LogP contribution in [0.25, 0.3) is 0 Å². The van der Waals surface area contributed by atoms with E-state index in [4.69, 9.17) is 0 Å². The Morgan fingerprint density at radius 3 is 2.62 bits per heavy atom. The third kappa shape index (κ3) is 3.55. The Morgan fingerprint density at radius 1 is 1.15 bits per heavy atom. The van der Waals surface area contributed by atoms with E-state index in [1.807, 2.05) is 22.4 Å². The van der Waals surface area contributed by atoms with Gasteiger partial charge in [-0.05, 0) is 17.7 Å². The Balaban J connectivity index is 1.32. The van der Waals surface area contributed by atoms with Crippen molar-refractivity contribution in [1.82, 2.24) is 19.8 Å². The molecule has 2 aromatic heterocycles. The number of pyridine rings is 1. The van der Waals surface area contributed by atoms with Crippen LogP contribution in [0.15, 0.2) is 36.1 Å². The van der Waals surface area contributed by atoms with E-state index < -0.39 is 0 Å². The number of hydrogen-bond acceptors (Lipinski definition) is 6. The summed E-state index contributed by atoms with van der Waals surface area (Å²) >= 11 is 1.62. The van der Waals surface area contributed by atoms with Gasteiger partial charge in [-0.25, -0.2) is 4.98 Å². The van der Waals surface area contributed by atoms with Crippen LogP contribution in [0, 0.1) is 5.92 Å². The molecule has 0 N–H and O–H groups in total. The van der Waals surface area contributed by atoms with Gasteiger partial charge in [0.05, 0.1) is 5.92 Å². The molecule has 0 aromatic carbocycles. The van der Waals surface area contributed by atoms with Crippen molar-refractivity contribution in [2.24, 2.45) is 5.92 Å².